The minimum atomic E-state index is -0.260. The van der Waals surface area contributed by atoms with Crippen molar-refractivity contribution in [2.24, 2.45) is 0 Å². The molecule has 0 bridgehead atoms. The molecule has 2 rings (SSSR count). The Morgan fingerprint density at radius 1 is 1.41 bits per heavy atom. The van der Waals surface area contributed by atoms with E-state index >= 15 is 0 Å². The van der Waals surface area contributed by atoms with Crippen molar-refractivity contribution in [2.45, 2.75) is 38.4 Å². The molecule has 3 nitrogen and oxygen atoms in total. The molecule has 1 aliphatic rings. The van der Waals surface area contributed by atoms with Gasteiger partial charge in [0.2, 0.25) is 5.91 Å². The van der Waals surface area contributed by atoms with E-state index in [9.17, 15) is 9.18 Å². The number of benzene rings is 1. The van der Waals surface area contributed by atoms with Crippen LogP contribution in [0, 0.1) is 5.82 Å². The number of carbonyl (C=O) groups excluding carboxylic acids is 1. The highest BCUT2D eigenvalue weighted by atomic mass is 19.1. The van der Waals surface area contributed by atoms with Gasteiger partial charge >= 0.3 is 0 Å². The summed E-state index contributed by atoms with van der Waals surface area (Å²) >= 11 is 0. The molecule has 4 heteroatoms. The van der Waals surface area contributed by atoms with Crippen LogP contribution < -0.4 is 10.6 Å². The summed E-state index contributed by atoms with van der Waals surface area (Å²) in [6.07, 6.45) is 2.32. The van der Waals surface area contributed by atoms with E-state index in [2.05, 4.69) is 10.6 Å². The van der Waals surface area contributed by atoms with E-state index in [-0.39, 0.29) is 17.8 Å². The summed E-state index contributed by atoms with van der Waals surface area (Å²) < 4.78 is 12.7. The van der Waals surface area contributed by atoms with Crippen LogP contribution in [0.4, 0.5) is 4.39 Å². The Morgan fingerprint density at radius 2 is 2.06 bits per heavy atom. The highest BCUT2D eigenvalue weighted by Crippen LogP contribution is 2.19. The van der Waals surface area contributed by atoms with E-state index in [1.165, 1.54) is 12.1 Å². The first-order valence-corrected chi connectivity index (χ1v) is 5.93. The molecule has 0 spiro atoms. The molecule has 1 atom stereocenters. The lowest BCUT2D eigenvalue weighted by atomic mass is 10.2. The van der Waals surface area contributed by atoms with Gasteiger partial charge in [0.25, 0.3) is 0 Å². The van der Waals surface area contributed by atoms with Crippen molar-refractivity contribution >= 4 is 5.91 Å². The second-order valence-electron chi connectivity index (χ2n) is 4.51. The van der Waals surface area contributed by atoms with E-state index in [1.54, 1.807) is 12.1 Å². The fourth-order valence-electron chi connectivity index (χ4n) is 1.62. The van der Waals surface area contributed by atoms with Crippen LogP contribution in [0.2, 0.25) is 0 Å². The van der Waals surface area contributed by atoms with Gasteiger partial charge < -0.3 is 10.6 Å². The van der Waals surface area contributed by atoms with E-state index < -0.39 is 0 Å². The highest BCUT2D eigenvalue weighted by molar-refractivity contribution is 5.81. The molecule has 1 saturated carbocycles. The van der Waals surface area contributed by atoms with Crippen molar-refractivity contribution in [3.63, 3.8) is 0 Å². The summed E-state index contributed by atoms with van der Waals surface area (Å²) in [5.74, 6) is -0.273. The molecule has 0 aliphatic heterocycles. The van der Waals surface area contributed by atoms with Gasteiger partial charge in [-0.25, -0.2) is 4.39 Å². The molecule has 1 aromatic carbocycles. The molecular weight excluding hydrogens is 219 g/mol. The molecule has 1 amide bonds. The average molecular weight is 236 g/mol. The molecular formula is C13H17FN2O. The van der Waals surface area contributed by atoms with Crippen LogP contribution in [0.15, 0.2) is 24.3 Å². The fourth-order valence-corrected chi connectivity index (χ4v) is 1.62. The van der Waals surface area contributed by atoms with Gasteiger partial charge in [-0.1, -0.05) is 12.1 Å². The first kappa shape index (κ1) is 12.0. The van der Waals surface area contributed by atoms with Crippen molar-refractivity contribution < 1.29 is 9.18 Å². The first-order chi connectivity index (χ1) is 8.15. The van der Waals surface area contributed by atoms with Gasteiger partial charge in [0, 0.05) is 12.6 Å². The molecule has 0 radical (unpaired) electrons. The molecule has 1 fully saturated rings. The van der Waals surface area contributed by atoms with Crippen molar-refractivity contribution in [1.29, 1.82) is 0 Å². The third-order valence-corrected chi connectivity index (χ3v) is 2.84. The van der Waals surface area contributed by atoms with Crippen LogP contribution in [-0.4, -0.2) is 18.0 Å². The maximum atomic E-state index is 12.7. The van der Waals surface area contributed by atoms with Crippen LogP contribution in [0.25, 0.3) is 0 Å². The van der Waals surface area contributed by atoms with E-state index in [1.807, 2.05) is 6.92 Å². The molecule has 0 saturated heterocycles. The lowest BCUT2D eigenvalue weighted by Gasteiger charge is -2.13. The standard InChI is InChI=1S/C13H17FN2O/c1-9(16-12-6-7-12)13(17)15-8-10-2-4-11(14)5-3-10/h2-5,9,12,16H,6-8H2,1H3,(H,15,17). The number of hydrogen-bond acceptors (Lipinski definition) is 2. The summed E-state index contributed by atoms with van der Waals surface area (Å²) in [5, 5.41) is 6.05. The third kappa shape index (κ3) is 3.82. The van der Waals surface area contributed by atoms with Gasteiger partial charge in [-0.05, 0) is 37.5 Å². The molecule has 2 N–H and O–H groups in total. The average Bonchev–Trinajstić information content (AvgIpc) is 3.11. The molecule has 0 heterocycles. The molecule has 1 aromatic rings. The molecule has 92 valence electrons. The minimum Gasteiger partial charge on any atom is -0.351 e. The SMILES string of the molecule is CC(NC1CC1)C(=O)NCc1ccc(F)cc1. The summed E-state index contributed by atoms with van der Waals surface area (Å²) in [7, 11) is 0. The minimum absolute atomic E-state index is 0.0128. The predicted molar refractivity (Wildman–Crippen MR) is 63.9 cm³/mol. The number of amides is 1. The zero-order chi connectivity index (χ0) is 12.3. The summed E-state index contributed by atoms with van der Waals surface area (Å²) in [6.45, 7) is 2.30. The Morgan fingerprint density at radius 3 is 2.65 bits per heavy atom. The number of carbonyl (C=O) groups is 1. The largest absolute Gasteiger partial charge is 0.351 e. The number of rotatable bonds is 5. The second kappa shape index (κ2) is 5.27. The van der Waals surface area contributed by atoms with Gasteiger partial charge in [-0.15, -0.1) is 0 Å². The summed E-state index contributed by atoms with van der Waals surface area (Å²) in [5.41, 5.74) is 0.901. The number of halogens is 1. The third-order valence-electron chi connectivity index (χ3n) is 2.84. The smallest absolute Gasteiger partial charge is 0.237 e. The quantitative estimate of drug-likeness (QED) is 0.815. The predicted octanol–water partition coefficient (Wildman–Crippen LogP) is 1.58. The zero-order valence-corrected chi connectivity index (χ0v) is 9.87. The first-order valence-electron chi connectivity index (χ1n) is 5.93. The summed E-state index contributed by atoms with van der Waals surface area (Å²) in [6, 6.07) is 6.49. The van der Waals surface area contributed by atoms with Crippen LogP contribution in [-0.2, 0) is 11.3 Å². The van der Waals surface area contributed by atoms with E-state index in [4.69, 9.17) is 0 Å². The molecule has 17 heavy (non-hydrogen) atoms. The Hall–Kier alpha value is -1.42. The Bertz CT molecular complexity index is 387. The number of nitrogens with one attached hydrogen (secondary N) is 2. The van der Waals surface area contributed by atoms with Crippen molar-refractivity contribution in [1.82, 2.24) is 10.6 Å². The maximum absolute atomic E-state index is 12.7. The normalized spacial score (nSPS) is 16.6. The van der Waals surface area contributed by atoms with Gasteiger partial charge in [-0.2, -0.15) is 0 Å². The second-order valence-corrected chi connectivity index (χ2v) is 4.51. The van der Waals surface area contributed by atoms with Crippen molar-refractivity contribution in [2.75, 3.05) is 0 Å². The fraction of sp³-hybridized carbons (Fsp3) is 0.462. The van der Waals surface area contributed by atoms with Gasteiger partial charge in [0.05, 0.1) is 6.04 Å². The van der Waals surface area contributed by atoms with Crippen LogP contribution in [0.3, 0.4) is 0 Å². The Balaban J connectivity index is 1.76. The van der Waals surface area contributed by atoms with Crippen LogP contribution in [0.5, 0.6) is 0 Å². The lowest BCUT2D eigenvalue weighted by molar-refractivity contribution is -0.122. The Labute approximate surface area is 100 Å². The van der Waals surface area contributed by atoms with Crippen molar-refractivity contribution in [3.05, 3.63) is 35.6 Å². The highest BCUT2D eigenvalue weighted by Gasteiger charge is 2.25. The lowest BCUT2D eigenvalue weighted by Crippen LogP contribution is -2.42. The number of hydrogen-bond donors (Lipinski definition) is 2. The molecule has 1 unspecified atom stereocenters. The van der Waals surface area contributed by atoms with Gasteiger partial charge in [0.1, 0.15) is 5.82 Å². The van der Waals surface area contributed by atoms with E-state index in [0.29, 0.717) is 12.6 Å². The Kier molecular flexibility index (Phi) is 3.74. The molecule has 0 aromatic heterocycles. The zero-order valence-electron chi connectivity index (χ0n) is 9.87. The van der Waals surface area contributed by atoms with Crippen molar-refractivity contribution in [3.8, 4) is 0 Å². The van der Waals surface area contributed by atoms with Gasteiger partial charge in [-0.3, -0.25) is 4.79 Å². The van der Waals surface area contributed by atoms with Crippen LogP contribution >= 0.6 is 0 Å². The van der Waals surface area contributed by atoms with E-state index in [0.717, 1.165) is 18.4 Å². The monoisotopic (exact) mass is 236 g/mol. The molecule has 1 aliphatic carbocycles. The topological polar surface area (TPSA) is 41.1 Å². The summed E-state index contributed by atoms with van der Waals surface area (Å²) in [4.78, 5) is 11.7. The van der Waals surface area contributed by atoms with Gasteiger partial charge in [0.15, 0.2) is 0 Å². The maximum Gasteiger partial charge on any atom is 0.237 e. The van der Waals surface area contributed by atoms with Crippen LogP contribution in [0.1, 0.15) is 25.3 Å².